The first-order valence-corrected chi connectivity index (χ1v) is 5.21. The molecule has 4 heteroatoms. The highest BCUT2D eigenvalue weighted by Gasteiger charge is 2.02. The fourth-order valence-corrected chi connectivity index (χ4v) is 1.26. The van der Waals surface area contributed by atoms with E-state index in [4.69, 9.17) is 0 Å². The van der Waals surface area contributed by atoms with E-state index in [-0.39, 0.29) is 11.5 Å². The summed E-state index contributed by atoms with van der Waals surface area (Å²) in [5, 5.41) is 0. The van der Waals surface area contributed by atoms with E-state index >= 15 is 0 Å². The summed E-state index contributed by atoms with van der Waals surface area (Å²) in [6, 6.07) is 4.68. The second kappa shape index (κ2) is 5.30. The second-order valence-electron chi connectivity index (χ2n) is 3.07. The van der Waals surface area contributed by atoms with Gasteiger partial charge >= 0.3 is 5.69 Å². The van der Waals surface area contributed by atoms with Gasteiger partial charge in [0.25, 0.3) is 0 Å². The van der Waals surface area contributed by atoms with Gasteiger partial charge in [-0.2, -0.15) is 0 Å². The Hall–Kier alpha value is -1.84. The van der Waals surface area contributed by atoms with Crippen LogP contribution in [0.25, 0.3) is 5.69 Å². The molecule has 1 heterocycles. The van der Waals surface area contributed by atoms with E-state index in [1.807, 2.05) is 13.8 Å². The zero-order valence-electron chi connectivity index (χ0n) is 9.62. The number of benzene rings is 1. The molecule has 1 N–H and O–H groups in total. The number of hydrogen-bond acceptors (Lipinski definition) is 1. The Morgan fingerprint density at radius 1 is 1.31 bits per heavy atom. The van der Waals surface area contributed by atoms with Crippen molar-refractivity contribution in [2.24, 2.45) is 0 Å². The predicted molar refractivity (Wildman–Crippen MR) is 62.4 cm³/mol. The summed E-state index contributed by atoms with van der Waals surface area (Å²) in [7, 11) is 0. The molecular weight excluding hydrogens is 207 g/mol. The molecule has 86 valence electrons. The van der Waals surface area contributed by atoms with E-state index in [1.165, 1.54) is 16.8 Å². The fraction of sp³-hybridized carbons (Fsp3) is 0.250. The van der Waals surface area contributed by atoms with Crippen molar-refractivity contribution in [3.05, 3.63) is 52.5 Å². The second-order valence-corrected chi connectivity index (χ2v) is 3.07. The van der Waals surface area contributed by atoms with Crippen molar-refractivity contribution in [2.45, 2.75) is 20.8 Å². The molecular formula is C12H15FN2O. The third-order valence-electron chi connectivity index (χ3n) is 2.08. The van der Waals surface area contributed by atoms with Crippen molar-refractivity contribution in [1.82, 2.24) is 9.55 Å². The Kier molecular flexibility index (Phi) is 4.05. The van der Waals surface area contributed by atoms with Gasteiger partial charge in [-0.15, -0.1) is 0 Å². The molecule has 1 aromatic carbocycles. The minimum absolute atomic E-state index is 0.270. The number of hydrogen-bond donors (Lipinski definition) is 1. The summed E-state index contributed by atoms with van der Waals surface area (Å²) in [5.41, 5.74) is 0.824. The Balaban J connectivity index is 0.000000606. The molecule has 0 saturated heterocycles. The van der Waals surface area contributed by atoms with E-state index in [1.54, 1.807) is 25.3 Å². The van der Waals surface area contributed by atoms with Crippen molar-refractivity contribution in [3.8, 4) is 5.69 Å². The molecule has 0 fully saturated rings. The number of imidazole rings is 1. The van der Waals surface area contributed by atoms with Crippen molar-refractivity contribution < 1.29 is 4.39 Å². The van der Waals surface area contributed by atoms with Crippen LogP contribution in [0.15, 0.2) is 35.4 Å². The third-order valence-corrected chi connectivity index (χ3v) is 2.08. The van der Waals surface area contributed by atoms with Crippen molar-refractivity contribution >= 4 is 0 Å². The normalized spacial score (nSPS) is 9.50. The number of nitrogens with one attached hydrogen (secondary N) is 1. The SMILES string of the molecule is CC.Cc1ccc(-n2cc[nH]c2=O)cc1F. The molecule has 0 atom stereocenters. The summed E-state index contributed by atoms with van der Waals surface area (Å²) >= 11 is 0. The number of aromatic nitrogens is 2. The molecule has 0 amide bonds. The Bertz CT molecular complexity index is 514. The van der Waals surface area contributed by atoms with E-state index in [2.05, 4.69) is 4.98 Å². The van der Waals surface area contributed by atoms with Crippen molar-refractivity contribution in [1.29, 1.82) is 0 Å². The van der Waals surface area contributed by atoms with Gasteiger partial charge in [-0.25, -0.2) is 9.18 Å². The fourth-order valence-electron chi connectivity index (χ4n) is 1.26. The van der Waals surface area contributed by atoms with Gasteiger partial charge in [0.1, 0.15) is 5.82 Å². The topological polar surface area (TPSA) is 37.8 Å². The van der Waals surface area contributed by atoms with E-state index < -0.39 is 0 Å². The van der Waals surface area contributed by atoms with Gasteiger partial charge in [-0.05, 0) is 24.6 Å². The molecule has 0 aliphatic carbocycles. The van der Waals surface area contributed by atoms with Crippen LogP contribution in [0.1, 0.15) is 19.4 Å². The van der Waals surface area contributed by atoms with Gasteiger partial charge in [0.2, 0.25) is 0 Å². The molecule has 0 aliphatic rings. The number of rotatable bonds is 1. The summed E-state index contributed by atoms with van der Waals surface area (Å²) in [6.45, 7) is 5.68. The smallest absolute Gasteiger partial charge is 0.312 e. The van der Waals surface area contributed by atoms with Crippen LogP contribution in [0.4, 0.5) is 4.39 Å². The highest BCUT2D eigenvalue weighted by atomic mass is 19.1. The van der Waals surface area contributed by atoms with Crippen LogP contribution in [0.3, 0.4) is 0 Å². The zero-order chi connectivity index (χ0) is 12.1. The molecule has 0 spiro atoms. The lowest BCUT2D eigenvalue weighted by molar-refractivity contribution is 0.617. The Morgan fingerprint density at radius 2 is 2.00 bits per heavy atom. The van der Waals surface area contributed by atoms with Crippen molar-refractivity contribution in [2.75, 3.05) is 0 Å². The van der Waals surface area contributed by atoms with Gasteiger partial charge in [0.15, 0.2) is 0 Å². The molecule has 2 rings (SSSR count). The van der Waals surface area contributed by atoms with Crippen molar-refractivity contribution in [3.63, 3.8) is 0 Å². The summed E-state index contributed by atoms with van der Waals surface area (Å²) < 4.78 is 14.5. The third kappa shape index (κ3) is 2.39. The Labute approximate surface area is 93.6 Å². The quantitative estimate of drug-likeness (QED) is 0.791. The standard InChI is InChI=1S/C10H9FN2O.C2H6/c1-7-2-3-8(6-9(7)11)13-5-4-12-10(13)14;1-2/h2-6H,1H3,(H,12,14);1-2H3. The maximum absolute atomic E-state index is 13.2. The number of H-pyrrole nitrogens is 1. The average Bonchev–Trinajstić information content (AvgIpc) is 2.72. The van der Waals surface area contributed by atoms with Crippen LogP contribution >= 0.6 is 0 Å². The highest BCUT2D eigenvalue weighted by Crippen LogP contribution is 2.11. The van der Waals surface area contributed by atoms with Gasteiger partial charge in [0.05, 0.1) is 5.69 Å². The summed E-state index contributed by atoms with van der Waals surface area (Å²) in [5.74, 6) is -0.310. The highest BCUT2D eigenvalue weighted by molar-refractivity contribution is 5.35. The molecule has 16 heavy (non-hydrogen) atoms. The maximum atomic E-state index is 13.2. The first kappa shape index (κ1) is 12.2. The molecule has 0 radical (unpaired) electrons. The Morgan fingerprint density at radius 3 is 2.50 bits per heavy atom. The van der Waals surface area contributed by atoms with E-state index in [0.29, 0.717) is 11.3 Å². The number of halogens is 1. The maximum Gasteiger partial charge on any atom is 0.330 e. The predicted octanol–water partition coefficient (Wildman–Crippen LogP) is 2.64. The number of nitrogens with zero attached hydrogens (tertiary/aromatic N) is 1. The summed E-state index contributed by atoms with van der Waals surface area (Å²) in [4.78, 5) is 13.7. The number of aromatic amines is 1. The largest absolute Gasteiger partial charge is 0.330 e. The van der Waals surface area contributed by atoms with Crippen LogP contribution in [-0.2, 0) is 0 Å². The molecule has 1 aromatic heterocycles. The van der Waals surface area contributed by atoms with Gasteiger partial charge < -0.3 is 4.98 Å². The lowest BCUT2D eigenvalue weighted by atomic mass is 10.2. The molecule has 2 aromatic rings. The van der Waals surface area contributed by atoms with Crippen LogP contribution in [-0.4, -0.2) is 9.55 Å². The molecule has 3 nitrogen and oxygen atoms in total. The number of aryl methyl sites for hydroxylation is 1. The van der Waals surface area contributed by atoms with Crippen LogP contribution in [0.2, 0.25) is 0 Å². The van der Waals surface area contributed by atoms with E-state index in [9.17, 15) is 9.18 Å². The molecule has 0 saturated carbocycles. The first-order chi connectivity index (χ1) is 7.68. The average molecular weight is 222 g/mol. The van der Waals surface area contributed by atoms with Gasteiger partial charge in [0, 0.05) is 12.4 Å². The summed E-state index contributed by atoms with van der Waals surface area (Å²) in [6.07, 6.45) is 3.08. The molecule has 0 bridgehead atoms. The molecule has 0 unspecified atom stereocenters. The van der Waals surface area contributed by atoms with Crippen LogP contribution < -0.4 is 5.69 Å². The zero-order valence-corrected chi connectivity index (χ0v) is 9.62. The minimum atomic E-state index is -0.310. The lowest BCUT2D eigenvalue weighted by Crippen LogP contribution is -2.14. The van der Waals surface area contributed by atoms with E-state index in [0.717, 1.165) is 0 Å². The molecule has 0 aliphatic heterocycles. The van der Waals surface area contributed by atoms with Crippen LogP contribution in [0.5, 0.6) is 0 Å². The van der Waals surface area contributed by atoms with Crippen LogP contribution in [0, 0.1) is 12.7 Å². The first-order valence-electron chi connectivity index (χ1n) is 5.21. The monoisotopic (exact) mass is 222 g/mol. The minimum Gasteiger partial charge on any atom is -0.312 e. The lowest BCUT2D eigenvalue weighted by Gasteiger charge is -2.02. The van der Waals surface area contributed by atoms with Gasteiger partial charge in [-0.1, -0.05) is 19.9 Å². The van der Waals surface area contributed by atoms with Gasteiger partial charge in [-0.3, -0.25) is 4.57 Å².